The largest absolute Gasteiger partial charge is 0.340 e. The van der Waals surface area contributed by atoms with E-state index in [0.29, 0.717) is 31.5 Å². The van der Waals surface area contributed by atoms with Crippen LogP contribution in [0.25, 0.3) is 0 Å². The third-order valence-electron chi connectivity index (χ3n) is 6.48. The molecule has 154 valence electrons. The molecule has 4 unspecified atom stereocenters. The molecule has 0 radical (unpaired) electrons. The number of amides is 2. The lowest BCUT2D eigenvalue weighted by atomic mass is 9.80. The van der Waals surface area contributed by atoms with Crippen molar-refractivity contribution in [3.05, 3.63) is 0 Å². The monoisotopic (exact) mass is 400 g/mol. The van der Waals surface area contributed by atoms with E-state index in [1.54, 1.807) is 6.92 Å². The van der Waals surface area contributed by atoms with Gasteiger partial charge in [0.15, 0.2) is 15.1 Å². The molecule has 2 amide bonds. The number of nitrogens with zero attached hydrogens (tertiary/aromatic N) is 2. The molecule has 3 fully saturated rings. The fourth-order valence-corrected chi connectivity index (χ4v) is 6.14. The maximum atomic E-state index is 12.7. The number of nitrogens with one attached hydrogen (secondary N) is 2. The molecule has 2 saturated heterocycles. The van der Waals surface area contributed by atoms with E-state index in [4.69, 9.17) is 0 Å². The molecule has 0 aromatic heterocycles. The number of hydrogen-bond donors (Lipinski definition) is 2. The van der Waals surface area contributed by atoms with Gasteiger partial charge in [0.05, 0.1) is 12.6 Å². The van der Waals surface area contributed by atoms with Crippen LogP contribution in [-0.2, 0) is 19.4 Å². The molecule has 2 aliphatic heterocycles. The molecular weight excluding hydrogens is 368 g/mol. The van der Waals surface area contributed by atoms with Crippen molar-refractivity contribution in [2.24, 2.45) is 11.8 Å². The van der Waals surface area contributed by atoms with E-state index in [0.717, 1.165) is 6.54 Å². The molecule has 1 aliphatic carbocycles. The number of carbonyl (C=O) groups is 2. The average molecular weight is 401 g/mol. The number of hydrogen-bond acceptors (Lipinski definition) is 6. The number of carbonyl (C=O) groups excluding carboxylic acids is 2. The molecule has 9 heteroatoms. The maximum absolute atomic E-state index is 12.7. The second-order valence-corrected chi connectivity index (χ2v) is 10.6. The predicted octanol–water partition coefficient (Wildman–Crippen LogP) is -0.237. The Hall–Kier alpha value is -1.19. The highest BCUT2D eigenvalue weighted by Gasteiger charge is 2.45. The molecule has 2 heterocycles. The minimum Gasteiger partial charge on any atom is -0.340 e. The van der Waals surface area contributed by atoms with Gasteiger partial charge in [-0.05, 0) is 18.3 Å². The first kappa shape index (κ1) is 20.5. The summed E-state index contributed by atoms with van der Waals surface area (Å²) in [5.41, 5.74) is 5.21. The van der Waals surface area contributed by atoms with E-state index < -0.39 is 27.0 Å². The first-order valence-corrected chi connectivity index (χ1v) is 11.8. The Labute approximate surface area is 161 Å². The molecule has 1 saturated carbocycles. The van der Waals surface area contributed by atoms with Gasteiger partial charge in [-0.15, -0.1) is 0 Å². The molecule has 2 N–H and O–H groups in total. The smallest absolute Gasteiger partial charge is 0.254 e. The Balaban J connectivity index is 1.65. The van der Waals surface area contributed by atoms with Gasteiger partial charge in [0.25, 0.3) is 5.91 Å². The second-order valence-electron chi connectivity index (χ2n) is 8.14. The lowest BCUT2D eigenvalue weighted by Gasteiger charge is -2.44. The van der Waals surface area contributed by atoms with Crippen LogP contribution in [0, 0.1) is 11.8 Å². The van der Waals surface area contributed by atoms with Gasteiger partial charge in [-0.1, -0.05) is 33.1 Å². The summed E-state index contributed by atoms with van der Waals surface area (Å²) in [6, 6.07) is -0.511. The van der Waals surface area contributed by atoms with Crippen LogP contribution in [0.5, 0.6) is 0 Å². The highest BCUT2D eigenvalue weighted by molar-refractivity contribution is 7.92. The summed E-state index contributed by atoms with van der Waals surface area (Å²) < 4.78 is 24.9. The van der Waals surface area contributed by atoms with Crippen LogP contribution in [0.4, 0.5) is 0 Å². The molecular formula is C18H32N4O4S. The predicted molar refractivity (Wildman–Crippen MR) is 102 cm³/mol. The molecule has 3 rings (SSSR count). The second kappa shape index (κ2) is 8.45. The van der Waals surface area contributed by atoms with Gasteiger partial charge in [0, 0.05) is 31.9 Å². The fraction of sp³-hybridized carbons (Fsp3) is 0.889. The Bertz CT molecular complexity index is 668. The van der Waals surface area contributed by atoms with E-state index in [2.05, 4.69) is 17.8 Å². The molecule has 0 bridgehead atoms. The van der Waals surface area contributed by atoms with Crippen LogP contribution in [0.3, 0.4) is 0 Å². The summed E-state index contributed by atoms with van der Waals surface area (Å²) in [6.45, 7) is 6.32. The summed E-state index contributed by atoms with van der Waals surface area (Å²) in [7, 11) is -3.55. The fourth-order valence-electron chi connectivity index (χ4n) is 4.65. The maximum Gasteiger partial charge on any atom is 0.254 e. The SMILES string of the molecule is CCS(=O)(=O)C1C(=O)NNCC1N1CCN(CC2CCCCC2C)C(=O)C1. The third kappa shape index (κ3) is 4.46. The molecule has 4 atom stereocenters. The zero-order valence-corrected chi connectivity index (χ0v) is 17.1. The zero-order valence-electron chi connectivity index (χ0n) is 16.3. The van der Waals surface area contributed by atoms with Gasteiger partial charge >= 0.3 is 0 Å². The highest BCUT2D eigenvalue weighted by Crippen LogP contribution is 2.30. The van der Waals surface area contributed by atoms with Crippen molar-refractivity contribution < 1.29 is 18.0 Å². The van der Waals surface area contributed by atoms with E-state index in [-0.39, 0.29) is 18.2 Å². The Morgan fingerprint density at radius 3 is 2.56 bits per heavy atom. The van der Waals surface area contributed by atoms with Gasteiger partial charge in [-0.2, -0.15) is 0 Å². The molecule has 27 heavy (non-hydrogen) atoms. The van der Waals surface area contributed by atoms with E-state index >= 15 is 0 Å². The van der Waals surface area contributed by atoms with Crippen LogP contribution in [0.1, 0.15) is 39.5 Å². The van der Waals surface area contributed by atoms with Crippen molar-refractivity contribution in [3.8, 4) is 0 Å². The lowest BCUT2D eigenvalue weighted by Crippen LogP contribution is -2.68. The summed E-state index contributed by atoms with van der Waals surface area (Å²) >= 11 is 0. The Kier molecular flexibility index (Phi) is 6.43. The van der Waals surface area contributed by atoms with E-state index in [1.165, 1.54) is 25.7 Å². The van der Waals surface area contributed by atoms with Gasteiger partial charge in [-0.3, -0.25) is 19.9 Å². The molecule has 0 spiro atoms. The molecule has 3 aliphatic rings. The topological polar surface area (TPSA) is 98.8 Å². The minimum absolute atomic E-state index is 0.0395. The van der Waals surface area contributed by atoms with Gasteiger partial charge in [0.1, 0.15) is 0 Å². The van der Waals surface area contributed by atoms with Crippen molar-refractivity contribution >= 4 is 21.7 Å². The standard InChI is InChI=1S/C18H32N4O4S/c1-3-27(25,26)17-15(10-19-20-18(17)24)21-8-9-22(16(23)12-21)11-14-7-5-4-6-13(14)2/h13-15,17,19H,3-12H2,1-2H3,(H,20,24). The lowest BCUT2D eigenvalue weighted by molar-refractivity contribution is -0.140. The summed E-state index contributed by atoms with van der Waals surface area (Å²) in [5, 5.41) is -1.12. The summed E-state index contributed by atoms with van der Waals surface area (Å²) in [6.07, 6.45) is 4.93. The quantitative estimate of drug-likeness (QED) is 0.661. The number of sulfone groups is 1. The van der Waals surface area contributed by atoms with Crippen molar-refractivity contribution in [1.29, 1.82) is 0 Å². The zero-order chi connectivity index (χ0) is 19.6. The normalized spacial score (nSPS) is 33.8. The van der Waals surface area contributed by atoms with Crippen LogP contribution >= 0.6 is 0 Å². The third-order valence-corrected chi connectivity index (χ3v) is 8.59. The summed E-state index contributed by atoms with van der Waals surface area (Å²) in [4.78, 5) is 28.8. The number of hydrazine groups is 1. The van der Waals surface area contributed by atoms with Crippen LogP contribution in [0.15, 0.2) is 0 Å². The van der Waals surface area contributed by atoms with Crippen molar-refractivity contribution in [3.63, 3.8) is 0 Å². The van der Waals surface area contributed by atoms with Gasteiger partial charge < -0.3 is 4.90 Å². The van der Waals surface area contributed by atoms with Gasteiger partial charge in [0.2, 0.25) is 5.91 Å². The first-order valence-electron chi connectivity index (χ1n) is 10.1. The number of piperazine rings is 1. The Morgan fingerprint density at radius 1 is 1.15 bits per heavy atom. The molecule has 0 aromatic rings. The van der Waals surface area contributed by atoms with Crippen LogP contribution in [0.2, 0.25) is 0 Å². The van der Waals surface area contributed by atoms with Gasteiger partial charge in [-0.25, -0.2) is 13.8 Å². The van der Waals surface area contributed by atoms with Crippen molar-refractivity contribution in [1.82, 2.24) is 20.7 Å². The Morgan fingerprint density at radius 2 is 1.89 bits per heavy atom. The number of rotatable bonds is 5. The van der Waals surface area contributed by atoms with Crippen molar-refractivity contribution in [2.75, 3.05) is 38.5 Å². The summed E-state index contributed by atoms with van der Waals surface area (Å²) in [5.74, 6) is 0.630. The van der Waals surface area contributed by atoms with E-state index in [9.17, 15) is 18.0 Å². The average Bonchev–Trinajstić information content (AvgIpc) is 2.64. The van der Waals surface area contributed by atoms with Crippen molar-refractivity contribution in [2.45, 2.75) is 50.8 Å². The van der Waals surface area contributed by atoms with Crippen LogP contribution in [-0.4, -0.2) is 79.8 Å². The van der Waals surface area contributed by atoms with E-state index in [1.807, 2.05) is 9.80 Å². The molecule has 0 aromatic carbocycles. The minimum atomic E-state index is -3.55. The van der Waals surface area contributed by atoms with Crippen LogP contribution < -0.4 is 10.9 Å². The molecule has 8 nitrogen and oxygen atoms in total. The first-order chi connectivity index (χ1) is 12.8. The highest BCUT2D eigenvalue weighted by atomic mass is 32.2.